The molecule has 0 saturated carbocycles. The van der Waals surface area contributed by atoms with Crippen molar-refractivity contribution in [3.63, 3.8) is 0 Å². The van der Waals surface area contributed by atoms with Crippen LogP contribution >= 0.6 is 23.4 Å². The first-order chi connectivity index (χ1) is 8.24. The van der Waals surface area contributed by atoms with E-state index in [2.05, 4.69) is 24.6 Å². The first-order valence-electron chi connectivity index (χ1n) is 5.66. The quantitative estimate of drug-likeness (QED) is 0.885. The SMILES string of the molecule is CCNC(CSC)c1cc2cc(Cl)ccc2o1. The summed E-state index contributed by atoms with van der Waals surface area (Å²) in [6, 6.07) is 8.05. The molecule has 0 bridgehead atoms. The first-order valence-corrected chi connectivity index (χ1v) is 7.43. The van der Waals surface area contributed by atoms with E-state index in [1.165, 1.54) is 0 Å². The van der Waals surface area contributed by atoms with Crippen molar-refractivity contribution in [3.8, 4) is 0 Å². The molecule has 2 rings (SSSR count). The molecule has 1 aromatic heterocycles. The molecule has 0 aliphatic carbocycles. The van der Waals surface area contributed by atoms with Crippen LogP contribution in [0.1, 0.15) is 18.7 Å². The lowest BCUT2D eigenvalue weighted by atomic mass is 10.2. The minimum Gasteiger partial charge on any atom is -0.459 e. The van der Waals surface area contributed by atoms with Gasteiger partial charge in [-0.2, -0.15) is 11.8 Å². The lowest BCUT2D eigenvalue weighted by molar-refractivity contribution is 0.464. The molecule has 17 heavy (non-hydrogen) atoms. The van der Waals surface area contributed by atoms with Gasteiger partial charge in [0.15, 0.2) is 0 Å². The monoisotopic (exact) mass is 269 g/mol. The van der Waals surface area contributed by atoms with Crippen molar-refractivity contribution in [2.45, 2.75) is 13.0 Å². The van der Waals surface area contributed by atoms with Gasteiger partial charge in [0, 0.05) is 16.2 Å². The first kappa shape index (κ1) is 12.8. The van der Waals surface area contributed by atoms with E-state index in [0.29, 0.717) is 0 Å². The Morgan fingerprint density at radius 2 is 2.24 bits per heavy atom. The minimum absolute atomic E-state index is 0.265. The van der Waals surface area contributed by atoms with Crippen molar-refractivity contribution in [2.75, 3.05) is 18.6 Å². The van der Waals surface area contributed by atoms with Crippen LogP contribution in [0.2, 0.25) is 5.02 Å². The van der Waals surface area contributed by atoms with Crippen LogP contribution in [0.15, 0.2) is 28.7 Å². The van der Waals surface area contributed by atoms with Gasteiger partial charge in [0.05, 0.1) is 6.04 Å². The highest BCUT2D eigenvalue weighted by molar-refractivity contribution is 7.98. The van der Waals surface area contributed by atoms with Crippen LogP contribution in [0.5, 0.6) is 0 Å². The average Bonchev–Trinajstić information content (AvgIpc) is 2.71. The molecule has 0 fully saturated rings. The Balaban J connectivity index is 2.33. The van der Waals surface area contributed by atoms with Crippen molar-refractivity contribution >= 4 is 34.3 Å². The van der Waals surface area contributed by atoms with E-state index in [4.69, 9.17) is 16.0 Å². The van der Waals surface area contributed by atoms with Crippen LogP contribution in [0.25, 0.3) is 11.0 Å². The van der Waals surface area contributed by atoms with Crippen LogP contribution in [0.4, 0.5) is 0 Å². The number of hydrogen-bond donors (Lipinski definition) is 1. The van der Waals surface area contributed by atoms with Gasteiger partial charge in [-0.25, -0.2) is 0 Å². The highest BCUT2D eigenvalue weighted by atomic mass is 35.5. The number of rotatable bonds is 5. The fraction of sp³-hybridized carbons (Fsp3) is 0.385. The van der Waals surface area contributed by atoms with Gasteiger partial charge in [-0.1, -0.05) is 18.5 Å². The van der Waals surface area contributed by atoms with Gasteiger partial charge in [-0.15, -0.1) is 0 Å². The maximum Gasteiger partial charge on any atom is 0.134 e. The van der Waals surface area contributed by atoms with Crippen molar-refractivity contribution in [2.24, 2.45) is 0 Å². The van der Waals surface area contributed by atoms with Crippen LogP contribution in [0, 0.1) is 0 Å². The summed E-state index contributed by atoms with van der Waals surface area (Å²) >= 11 is 7.78. The average molecular weight is 270 g/mol. The molecule has 1 aromatic carbocycles. The van der Waals surface area contributed by atoms with Crippen molar-refractivity contribution < 1.29 is 4.42 Å². The molecule has 0 aliphatic rings. The summed E-state index contributed by atoms with van der Waals surface area (Å²) in [5.74, 6) is 1.99. The number of fused-ring (bicyclic) bond motifs is 1. The van der Waals surface area contributed by atoms with Crippen LogP contribution in [0.3, 0.4) is 0 Å². The molecule has 1 atom stereocenters. The second kappa shape index (κ2) is 5.80. The van der Waals surface area contributed by atoms with Gasteiger partial charge in [0.25, 0.3) is 0 Å². The standard InChI is InChI=1S/C13H16ClNOS/c1-3-15-11(8-17-2)13-7-9-6-10(14)4-5-12(9)16-13/h4-7,11,15H,3,8H2,1-2H3. The smallest absolute Gasteiger partial charge is 0.134 e. The van der Waals surface area contributed by atoms with E-state index in [-0.39, 0.29) is 6.04 Å². The van der Waals surface area contributed by atoms with Crippen LogP contribution in [-0.4, -0.2) is 18.6 Å². The number of benzene rings is 1. The molecule has 2 aromatic rings. The Morgan fingerprint density at radius 1 is 1.41 bits per heavy atom. The second-order valence-electron chi connectivity index (χ2n) is 3.90. The van der Waals surface area contributed by atoms with Crippen molar-refractivity contribution in [1.29, 1.82) is 0 Å². The molecule has 1 heterocycles. The third-order valence-electron chi connectivity index (χ3n) is 2.62. The molecule has 1 N–H and O–H groups in total. The maximum absolute atomic E-state index is 5.97. The summed E-state index contributed by atoms with van der Waals surface area (Å²) in [6.07, 6.45) is 2.10. The Morgan fingerprint density at radius 3 is 2.94 bits per heavy atom. The van der Waals surface area contributed by atoms with Gasteiger partial charge in [-0.3, -0.25) is 0 Å². The van der Waals surface area contributed by atoms with Crippen molar-refractivity contribution in [1.82, 2.24) is 5.32 Å². The third-order valence-corrected chi connectivity index (χ3v) is 3.53. The molecule has 0 aliphatic heterocycles. The lowest BCUT2D eigenvalue weighted by Gasteiger charge is -2.13. The summed E-state index contributed by atoms with van der Waals surface area (Å²) in [4.78, 5) is 0. The third kappa shape index (κ3) is 2.97. The lowest BCUT2D eigenvalue weighted by Crippen LogP contribution is -2.22. The molecule has 0 spiro atoms. The summed E-state index contributed by atoms with van der Waals surface area (Å²) in [5, 5.41) is 5.24. The van der Waals surface area contributed by atoms with Gasteiger partial charge >= 0.3 is 0 Å². The van der Waals surface area contributed by atoms with Crippen LogP contribution < -0.4 is 5.32 Å². The van der Waals surface area contributed by atoms with E-state index in [1.54, 1.807) is 0 Å². The Hall–Kier alpha value is -0.640. The zero-order valence-corrected chi connectivity index (χ0v) is 11.6. The van der Waals surface area contributed by atoms with Gasteiger partial charge in [0.2, 0.25) is 0 Å². The molecule has 1 unspecified atom stereocenters. The van der Waals surface area contributed by atoms with Gasteiger partial charge in [0.1, 0.15) is 11.3 Å². The largest absolute Gasteiger partial charge is 0.459 e. The molecular weight excluding hydrogens is 254 g/mol. The topological polar surface area (TPSA) is 25.2 Å². The number of furan rings is 1. The molecule has 0 amide bonds. The predicted octanol–water partition coefficient (Wildman–Crippen LogP) is 4.10. The molecule has 0 saturated heterocycles. The van der Waals surface area contributed by atoms with Gasteiger partial charge in [-0.05, 0) is 37.1 Å². The van der Waals surface area contributed by atoms with Crippen LogP contribution in [-0.2, 0) is 0 Å². The van der Waals surface area contributed by atoms with E-state index in [9.17, 15) is 0 Å². The van der Waals surface area contributed by atoms with Crippen molar-refractivity contribution in [3.05, 3.63) is 35.0 Å². The summed E-state index contributed by atoms with van der Waals surface area (Å²) in [6.45, 7) is 3.04. The number of halogens is 1. The van der Waals surface area contributed by atoms with Gasteiger partial charge < -0.3 is 9.73 Å². The summed E-state index contributed by atoms with van der Waals surface area (Å²) in [7, 11) is 0. The fourth-order valence-electron chi connectivity index (χ4n) is 1.86. The molecule has 92 valence electrons. The zero-order chi connectivity index (χ0) is 12.3. The fourth-order valence-corrected chi connectivity index (χ4v) is 2.66. The Kier molecular flexibility index (Phi) is 4.37. The van der Waals surface area contributed by atoms with E-state index >= 15 is 0 Å². The highest BCUT2D eigenvalue weighted by Gasteiger charge is 2.14. The van der Waals surface area contributed by atoms with E-state index < -0.39 is 0 Å². The minimum atomic E-state index is 0.265. The molecule has 4 heteroatoms. The molecule has 0 radical (unpaired) electrons. The number of hydrogen-bond acceptors (Lipinski definition) is 3. The zero-order valence-electron chi connectivity index (χ0n) is 10.00. The number of nitrogens with one attached hydrogen (secondary N) is 1. The Bertz CT molecular complexity index is 491. The van der Waals surface area contributed by atoms with E-state index in [0.717, 1.165) is 34.0 Å². The normalized spacial score (nSPS) is 13.1. The second-order valence-corrected chi connectivity index (χ2v) is 5.24. The summed E-state index contributed by atoms with van der Waals surface area (Å²) in [5.41, 5.74) is 0.897. The Labute approximate surface area is 111 Å². The van der Waals surface area contributed by atoms with E-state index in [1.807, 2.05) is 30.0 Å². The molecule has 2 nitrogen and oxygen atoms in total. The maximum atomic E-state index is 5.97. The molecular formula is C13H16ClNOS. The highest BCUT2D eigenvalue weighted by Crippen LogP contribution is 2.27. The summed E-state index contributed by atoms with van der Waals surface area (Å²) < 4.78 is 5.86. The number of thioether (sulfide) groups is 1. The predicted molar refractivity (Wildman–Crippen MR) is 76.0 cm³/mol.